The molecule has 2 aromatic rings. The summed E-state index contributed by atoms with van der Waals surface area (Å²) in [6.45, 7) is 8.07. The molecule has 26 heavy (non-hydrogen) atoms. The molecule has 2 saturated heterocycles. The number of halogens is 1. The lowest BCUT2D eigenvalue weighted by molar-refractivity contribution is 0.0777. The molecule has 1 atom stereocenters. The SMILES string of the molecule is COc1ccc2sc(C(=O)N3CCC(N4CCNCC4)C3)c(C)c2c1.Cl. The Balaban J connectivity index is 0.00000196. The summed E-state index contributed by atoms with van der Waals surface area (Å²) < 4.78 is 6.48. The summed E-state index contributed by atoms with van der Waals surface area (Å²) in [5.74, 6) is 1.03. The average Bonchev–Trinajstić information content (AvgIpc) is 3.27. The first-order chi connectivity index (χ1) is 12.2. The zero-order valence-corrected chi connectivity index (χ0v) is 16.9. The molecule has 142 valence electrons. The highest BCUT2D eigenvalue weighted by molar-refractivity contribution is 7.21. The molecule has 4 rings (SSSR count). The Morgan fingerprint density at radius 1 is 1.27 bits per heavy atom. The number of aryl methyl sites for hydroxylation is 1. The average molecular weight is 396 g/mol. The number of hydrogen-bond donors (Lipinski definition) is 1. The molecule has 1 aromatic carbocycles. The third kappa shape index (κ3) is 3.56. The fourth-order valence-corrected chi connectivity index (χ4v) is 5.10. The maximum absolute atomic E-state index is 13.1. The lowest BCUT2D eigenvalue weighted by Gasteiger charge is -2.32. The third-order valence-corrected chi connectivity index (χ3v) is 6.72. The van der Waals surface area contributed by atoms with Crippen LogP contribution in [0.3, 0.4) is 0 Å². The smallest absolute Gasteiger partial charge is 0.264 e. The summed E-state index contributed by atoms with van der Waals surface area (Å²) >= 11 is 1.60. The predicted molar refractivity (Wildman–Crippen MR) is 109 cm³/mol. The zero-order valence-electron chi connectivity index (χ0n) is 15.3. The van der Waals surface area contributed by atoms with Crippen molar-refractivity contribution in [1.29, 1.82) is 0 Å². The Labute approximate surface area is 164 Å². The van der Waals surface area contributed by atoms with E-state index >= 15 is 0 Å². The first-order valence-electron chi connectivity index (χ1n) is 8.98. The van der Waals surface area contributed by atoms with Gasteiger partial charge in [0.1, 0.15) is 5.75 Å². The largest absolute Gasteiger partial charge is 0.497 e. The van der Waals surface area contributed by atoms with Crippen LogP contribution in [0.1, 0.15) is 21.7 Å². The van der Waals surface area contributed by atoms with Crippen molar-refractivity contribution < 1.29 is 9.53 Å². The van der Waals surface area contributed by atoms with Crippen LogP contribution in [0.4, 0.5) is 0 Å². The van der Waals surface area contributed by atoms with Gasteiger partial charge in [-0.1, -0.05) is 0 Å². The Kier molecular flexibility index (Phi) is 6.07. The van der Waals surface area contributed by atoms with Gasteiger partial charge in [-0.25, -0.2) is 0 Å². The van der Waals surface area contributed by atoms with Gasteiger partial charge in [0.15, 0.2) is 0 Å². The number of fused-ring (bicyclic) bond motifs is 1. The van der Waals surface area contributed by atoms with E-state index < -0.39 is 0 Å². The zero-order chi connectivity index (χ0) is 17.4. The van der Waals surface area contributed by atoms with Crippen molar-refractivity contribution in [2.75, 3.05) is 46.4 Å². The number of hydrogen-bond acceptors (Lipinski definition) is 5. The van der Waals surface area contributed by atoms with Gasteiger partial charge < -0.3 is 15.0 Å². The number of amides is 1. The van der Waals surface area contributed by atoms with E-state index in [0.29, 0.717) is 6.04 Å². The number of thiophene rings is 1. The van der Waals surface area contributed by atoms with E-state index in [-0.39, 0.29) is 18.3 Å². The highest BCUT2D eigenvalue weighted by atomic mass is 35.5. The number of piperazine rings is 1. The third-order valence-electron chi connectivity index (χ3n) is 5.46. The summed E-state index contributed by atoms with van der Waals surface area (Å²) in [5, 5.41) is 4.53. The monoisotopic (exact) mass is 395 g/mol. The van der Waals surface area contributed by atoms with Gasteiger partial charge in [-0.15, -0.1) is 23.7 Å². The van der Waals surface area contributed by atoms with Crippen molar-refractivity contribution >= 4 is 39.7 Å². The summed E-state index contributed by atoms with van der Waals surface area (Å²) in [7, 11) is 1.68. The highest BCUT2D eigenvalue weighted by Gasteiger charge is 2.32. The minimum atomic E-state index is 0. The Bertz CT molecular complexity index is 788. The highest BCUT2D eigenvalue weighted by Crippen LogP contribution is 2.34. The van der Waals surface area contributed by atoms with Crippen molar-refractivity contribution in [1.82, 2.24) is 15.1 Å². The molecule has 2 aliphatic rings. The van der Waals surface area contributed by atoms with E-state index in [1.54, 1.807) is 18.4 Å². The Morgan fingerprint density at radius 2 is 2.04 bits per heavy atom. The van der Waals surface area contributed by atoms with Crippen molar-refractivity contribution in [3.05, 3.63) is 28.6 Å². The molecular weight excluding hydrogens is 370 g/mol. The molecule has 0 bridgehead atoms. The molecule has 2 fully saturated rings. The van der Waals surface area contributed by atoms with Crippen molar-refractivity contribution in [2.24, 2.45) is 0 Å². The predicted octanol–water partition coefficient (Wildman–Crippen LogP) is 2.76. The fraction of sp³-hybridized carbons (Fsp3) is 0.526. The van der Waals surface area contributed by atoms with Crippen LogP contribution in [0.15, 0.2) is 18.2 Å². The van der Waals surface area contributed by atoms with Crippen LogP contribution >= 0.6 is 23.7 Å². The van der Waals surface area contributed by atoms with Gasteiger partial charge in [0.2, 0.25) is 0 Å². The van der Waals surface area contributed by atoms with E-state index in [4.69, 9.17) is 4.74 Å². The van der Waals surface area contributed by atoms with Gasteiger partial charge in [0.05, 0.1) is 12.0 Å². The van der Waals surface area contributed by atoms with E-state index in [9.17, 15) is 4.79 Å². The van der Waals surface area contributed by atoms with E-state index in [2.05, 4.69) is 23.2 Å². The summed E-state index contributed by atoms with van der Waals surface area (Å²) in [5.41, 5.74) is 1.08. The van der Waals surface area contributed by atoms with Crippen LogP contribution in [-0.4, -0.2) is 68.1 Å². The van der Waals surface area contributed by atoms with Gasteiger partial charge in [-0.3, -0.25) is 9.69 Å². The second-order valence-corrected chi connectivity index (χ2v) is 7.95. The summed E-state index contributed by atoms with van der Waals surface area (Å²) in [6, 6.07) is 6.56. The molecule has 2 aliphatic heterocycles. The van der Waals surface area contributed by atoms with Gasteiger partial charge in [-0.2, -0.15) is 0 Å². The molecular formula is C19H26ClN3O2S. The molecule has 1 aromatic heterocycles. The summed E-state index contributed by atoms with van der Waals surface area (Å²) in [4.78, 5) is 18.6. The minimum Gasteiger partial charge on any atom is -0.497 e. The molecule has 0 saturated carbocycles. The second kappa shape index (κ2) is 8.13. The lowest BCUT2D eigenvalue weighted by Crippen LogP contribution is -2.49. The van der Waals surface area contributed by atoms with Crippen LogP contribution in [0.2, 0.25) is 0 Å². The van der Waals surface area contributed by atoms with Gasteiger partial charge in [0, 0.05) is 50.0 Å². The number of benzene rings is 1. The number of nitrogens with one attached hydrogen (secondary N) is 1. The number of ether oxygens (including phenoxy) is 1. The minimum absolute atomic E-state index is 0. The van der Waals surface area contributed by atoms with Crippen molar-refractivity contribution in [2.45, 2.75) is 19.4 Å². The molecule has 0 aliphatic carbocycles. The topological polar surface area (TPSA) is 44.8 Å². The van der Waals surface area contributed by atoms with Gasteiger partial charge >= 0.3 is 0 Å². The number of likely N-dealkylation sites (tertiary alicyclic amines) is 1. The van der Waals surface area contributed by atoms with E-state index in [1.807, 2.05) is 17.0 Å². The molecule has 1 N–H and O–H groups in total. The fourth-order valence-electron chi connectivity index (χ4n) is 3.95. The molecule has 7 heteroatoms. The number of rotatable bonds is 3. The standard InChI is InChI=1S/C19H25N3O2S.ClH/c1-13-16-11-15(24-2)3-4-17(16)25-18(13)19(23)22-8-5-14(12-22)21-9-6-20-7-10-21;/h3-4,11,14,20H,5-10,12H2,1-2H3;1H. The van der Waals surface area contributed by atoms with E-state index in [0.717, 1.165) is 72.0 Å². The van der Waals surface area contributed by atoms with Crippen molar-refractivity contribution in [3.63, 3.8) is 0 Å². The molecule has 1 amide bonds. The quantitative estimate of drug-likeness (QED) is 0.867. The first-order valence-corrected chi connectivity index (χ1v) is 9.80. The van der Waals surface area contributed by atoms with Crippen LogP contribution in [-0.2, 0) is 0 Å². The molecule has 1 unspecified atom stereocenters. The number of nitrogens with zero attached hydrogens (tertiary/aromatic N) is 2. The normalized spacial score (nSPS) is 21.0. The molecule has 0 radical (unpaired) electrons. The number of methoxy groups -OCH3 is 1. The van der Waals surface area contributed by atoms with Crippen LogP contribution in [0, 0.1) is 6.92 Å². The van der Waals surface area contributed by atoms with Crippen LogP contribution < -0.4 is 10.1 Å². The van der Waals surface area contributed by atoms with Crippen LogP contribution in [0.5, 0.6) is 5.75 Å². The summed E-state index contributed by atoms with van der Waals surface area (Å²) in [6.07, 6.45) is 1.09. The molecule has 3 heterocycles. The maximum atomic E-state index is 13.1. The Morgan fingerprint density at radius 3 is 2.77 bits per heavy atom. The number of carbonyl (C=O) groups is 1. The van der Waals surface area contributed by atoms with Gasteiger partial charge in [0.25, 0.3) is 5.91 Å². The van der Waals surface area contributed by atoms with Gasteiger partial charge in [-0.05, 0) is 42.5 Å². The number of carbonyl (C=O) groups excluding carboxylic acids is 1. The van der Waals surface area contributed by atoms with E-state index in [1.165, 1.54) is 0 Å². The molecule has 0 spiro atoms. The Hall–Kier alpha value is -1.34. The first kappa shape index (κ1) is 19.4. The van der Waals surface area contributed by atoms with Crippen LogP contribution in [0.25, 0.3) is 10.1 Å². The maximum Gasteiger partial charge on any atom is 0.264 e. The molecule has 5 nitrogen and oxygen atoms in total. The lowest BCUT2D eigenvalue weighted by atomic mass is 10.1. The second-order valence-electron chi connectivity index (χ2n) is 6.90. The van der Waals surface area contributed by atoms with Crippen molar-refractivity contribution in [3.8, 4) is 5.75 Å².